The average molecular weight is 225 g/mol. The van der Waals surface area contributed by atoms with Crippen LogP contribution in [0.15, 0.2) is 17.0 Å². The van der Waals surface area contributed by atoms with Gasteiger partial charge in [0.2, 0.25) is 0 Å². The van der Waals surface area contributed by atoms with Gasteiger partial charge in [0.05, 0.1) is 0 Å². The second-order valence-corrected chi connectivity index (χ2v) is 2.28. The van der Waals surface area contributed by atoms with E-state index < -0.39 is 6.61 Å². The van der Waals surface area contributed by atoms with Crippen LogP contribution in [-0.2, 0) is 0 Å². The van der Waals surface area contributed by atoms with Crippen LogP contribution in [0.1, 0.15) is 0 Å². The van der Waals surface area contributed by atoms with Gasteiger partial charge < -0.3 is 4.74 Å². The number of rotatable bonds is 2. The summed E-state index contributed by atoms with van der Waals surface area (Å²) in [6.07, 6.45) is 2.63. The van der Waals surface area contributed by atoms with E-state index in [0.717, 1.165) is 0 Å². The highest BCUT2D eigenvalue weighted by Crippen LogP contribution is 2.19. The number of hydrogen-bond acceptors (Lipinski definition) is 3. The summed E-state index contributed by atoms with van der Waals surface area (Å²) in [4.78, 5) is 7.13. The Labute approximate surface area is 69.5 Å². The first-order valence-electron chi connectivity index (χ1n) is 2.61. The van der Waals surface area contributed by atoms with Crippen LogP contribution in [0.25, 0.3) is 0 Å². The van der Waals surface area contributed by atoms with Gasteiger partial charge in [-0.05, 0) is 15.9 Å². The van der Waals surface area contributed by atoms with Gasteiger partial charge in [-0.25, -0.2) is 9.97 Å². The number of ether oxygens (including phenoxy) is 1. The van der Waals surface area contributed by atoms with Crippen molar-refractivity contribution in [2.45, 2.75) is 6.61 Å². The van der Waals surface area contributed by atoms with Crippen molar-refractivity contribution in [1.29, 1.82) is 0 Å². The number of aromatic nitrogens is 2. The maximum absolute atomic E-state index is 11.6. The summed E-state index contributed by atoms with van der Waals surface area (Å²) in [5, 5.41) is 0. The zero-order valence-corrected chi connectivity index (χ0v) is 6.75. The first-order chi connectivity index (χ1) is 5.20. The van der Waals surface area contributed by atoms with E-state index in [1.54, 1.807) is 0 Å². The molecule has 0 aliphatic heterocycles. The van der Waals surface area contributed by atoms with Crippen LogP contribution < -0.4 is 4.74 Å². The molecule has 0 saturated carbocycles. The van der Waals surface area contributed by atoms with Gasteiger partial charge in [-0.3, -0.25) is 0 Å². The summed E-state index contributed by atoms with van der Waals surface area (Å²) in [7, 11) is 0. The highest BCUT2D eigenvalue weighted by atomic mass is 79.9. The number of alkyl halides is 2. The van der Waals surface area contributed by atoms with E-state index in [-0.39, 0.29) is 10.5 Å². The molecular formula is C5H3BrF2N2O. The van der Waals surface area contributed by atoms with E-state index in [9.17, 15) is 8.78 Å². The molecule has 0 radical (unpaired) electrons. The number of halogens is 3. The highest BCUT2D eigenvalue weighted by Gasteiger charge is 2.08. The molecule has 1 rings (SSSR count). The third kappa shape index (κ3) is 2.38. The van der Waals surface area contributed by atoms with Crippen LogP contribution >= 0.6 is 15.9 Å². The zero-order valence-electron chi connectivity index (χ0n) is 5.17. The zero-order chi connectivity index (χ0) is 8.27. The molecule has 1 aromatic heterocycles. The van der Waals surface area contributed by atoms with Gasteiger partial charge in [0.1, 0.15) is 0 Å². The largest absolute Gasteiger partial charge is 0.414 e. The molecule has 0 amide bonds. The Balaban J connectivity index is 2.78. The smallest absolute Gasteiger partial charge is 0.388 e. The molecule has 0 bridgehead atoms. The molecule has 0 aromatic carbocycles. The Morgan fingerprint density at radius 1 is 1.36 bits per heavy atom. The fourth-order valence-electron chi connectivity index (χ4n) is 0.472. The molecule has 0 unspecified atom stereocenters. The maximum Gasteiger partial charge on any atom is 0.388 e. The van der Waals surface area contributed by atoms with Crippen molar-refractivity contribution < 1.29 is 13.5 Å². The summed E-state index contributed by atoms with van der Waals surface area (Å²) < 4.78 is 27.3. The first kappa shape index (κ1) is 8.32. The second kappa shape index (κ2) is 3.56. The molecule has 0 saturated heterocycles. The van der Waals surface area contributed by atoms with Crippen LogP contribution in [0, 0.1) is 0 Å². The van der Waals surface area contributed by atoms with Gasteiger partial charge >= 0.3 is 6.61 Å². The average Bonchev–Trinajstić information content (AvgIpc) is 1.93. The van der Waals surface area contributed by atoms with Gasteiger partial charge in [0, 0.05) is 12.4 Å². The van der Waals surface area contributed by atoms with Gasteiger partial charge in [-0.15, -0.1) is 0 Å². The van der Waals surface area contributed by atoms with Crippen LogP contribution in [0.5, 0.6) is 5.88 Å². The molecular weight excluding hydrogens is 222 g/mol. The standard InChI is InChI=1S/C5H3BrF2N2O/c6-3-4(11-5(7)8)10-2-1-9-3/h1-2,5H. The minimum absolute atomic E-state index is 0.167. The van der Waals surface area contributed by atoms with Crippen LogP contribution in [0.4, 0.5) is 8.78 Å². The Kier molecular flexibility index (Phi) is 2.70. The third-order valence-corrected chi connectivity index (χ3v) is 1.37. The van der Waals surface area contributed by atoms with E-state index >= 15 is 0 Å². The topological polar surface area (TPSA) is 35.0 Å². The summed E-state index contributed by atoms with van der Waals surface area (Å²) in [6.45, 7) is -2.87. The van der Waals surface area contributed by atoms with Crippen LogP contribution in [0.3, 0.4) is 0 Å². The molecule has 1 aromatic rings. The molecule has 0 fully saturated rings. The Bertz CT molecular complexity index is 246. The summed E-state index contributed by atoms with van der Waals surface area (Å²) in [5.41, 5.74) is 0. The summed E-state index contributed by atoms with van der Waals surface area (Å²) in [6, 6.07) is 0. The fraction of sp³-hybridized carbons (Fsp3) is 0.200. The second-order valence-electron chi connectivity index (χ2n) is 1.53. The molecule has 60 valence electrons. The predicted molar refractivity (Wildman–Crippen MR) is 36.4 cm³/mol. The van der Waals surface area contributed by atoms with Gasteiger partial charge in [-0.2, -0.15) is 8.78 Å². The van der Waals surface area contributed by atoms with E-state index in [1.165, 1.54) is 12.4 Å². The Morgan fingerprint density at radius 3 is 2.55 bits per heavy atom. The highest BCUT2D eigenvalue weighted by molar-refractivity contribution is 9.10. The van der Waals surface area contributed by atoms with E-state index in [1.807, 2.05) is 0 Å². The van der Waals surface area contributed by atoms with Crippen molar-refractivity contribution in [3.63, 3.8) is 0 Å². The number of nitrogens with zero attached hydrogens (tertiary/aromatic N) is 2. The summed E-state index contributed by atoms with van der Waals surface area (Å²) >= 11 is 2.89. The van der Waals surface area contributed by atoms with E-state index in [0.29, 0.717) is 0 Å². The lowest BCUT2D eigenvalue weighted by Crippen LogP contribution is -2.04. The van der Waals surface area contributed by atoms with Crippen molar-refractivity contribution in [3.05, 3.63) is 17.0 Å². The van der Waals surface area contributed by atoms with E-state index in [4.69, 9.17) is 0 Å². The monoisotopic (exact) mass is 224 g/mol. The molecule has 0 spiro atoms. The van der Waals surface area contributed by atoms with E-state index in [2.05, 4.69) is 30.6 Å². The van der Waals surface area contributed by atoms with Gasteiger partial charge in [0.25, 0.3) is 5.88 Å². The predicted octanol–water partition coefficient (Wildman–Crippen LogP) is 1.84. The van der Waals surface area contributed by atoms with Crippen molar-refractivity contribution in [1.82, 2.24) is 9.97 Å². The molecule has 0 aliphatic carbocycles. The van der Waals surface area contributed by atoms with Crippen molar-refractivity contribution >= 4 is 15.9 Å². The minimum atomic E-state index is -2.87. The molecule has 0 atom stereocenters. The Hall–Kier alpha value is -0.780. The lowest BCUT2D eigenvalue weighted by atomic mass is 10.7. The lowest BCUT2D eigenvalue weighted by molar-refractivity contribution is -0.0537. The molecule has 0 N–H and O–H groups in total. The molecule has 3 nitrogen and oxygen atoms in total. The van der Waals surface area contributed by atoms with Crippen molar-refractivity contribution in [3.8, 4) is 5.88 Å². The van der Waals surface area contributed by atoms with Gasteiger partial charge in [0.15, 0.2) is 4.60 Å². The lowest BCUT2D eigenvalue weighted by Gasteiger charge is -2.02. The Morgan fingerprint density at radius 2 is 2.00 bits per heavy atom. The SMILES string of the molecule is FC(F)Oc1nccnc1Br. The molecule has 0 aliphatic rings. The van der Waals surface area contributed by atoms with Crippen molar-refractivity contribution in [2.75, 3.05) is 0 Å². The first-order valence-corrected chi connectivity index (χ1v) is 3.41. The van der Waals surface area contributed by atoms with Crippen molar-refractivity contribution in [2.24, 2.45) is 0 Å². The fourth-order valence-corrected chi connectivity index (χ4v) is 0.786. The summed E-state index contributed by atoms with van der Waals surface area (Å²) in [5.74, 6) is -0.206. The van der Waals surface area contributed by atoms with Gasteiger partial charge in [-0.1, -0.05) is 0 Å². The quantitative estimate of drug-likeness (QED) is 0.770. The third-order valence-electron chi connectivity index (χ3n) is 0.824. The normalized spacial score (nSPS) is 10.2. The molecule has 11 heavy (non-hydrogen) atoms. The van der Waals surface area contributed by atoms with Crippen LogP contribution in [-0.4, -0.2) is 16.6 Å². The number of hydrogen-bond donors (Lipinski definition) is 0. The maximum atomic E-state index is 11.6. The van der Waals surface area contributed by atoms with Crippen LogP contribution in [0.2, 0.25) is 0 Å². The molecule has 6 heteroatoms. The molecule has 1 heterocycles. The minimum Gasteiger partial charge on any atom is -0.414 e.